The second-order valence-corrected chi connectivity index (χ2v) is 8.04. The molecule has 0 radical (unpaired) electrons. The Bertz CT molecular complexity index is 750. The van der Waals surface area contributed by atoms with Crippen LogP contribution in [0.15, 0.2) is 29.2 Å². The molecule has 0 unspecified atom stereocenters. The molecule has 1 heterocycles. The molecule has 1 aromatic rings. The van der Waals surface area contributed by atoms with Crippen LogP contribution in [-0.4, -0.2) is 60.8 Å². The summed E-state index contributed by atoms with van der Waals surface area (Å²) in [7, 11) is -3.84. The fourth-order valence-corrected chi connectivity index (χ4v) is 4.09. The maximum absolute atomic E-state index is 12.8. The maximum Gasteiger partial charge on any atom is 0.317 e. The summed E-state index contributed by atoms with van der Waals surface area (Å²) < 4.78 is 26.8. The van der Waals surface area contributed by atoms with Gasteiger partial charge in [-0.05, 0) is 26.3 Å². The van der Waals surface area contributed by atoms with Crippen LogP contribution in [-0.2, 0) is 10.0 Å². The third kappa shape index (κ3) is 4.67. The number of urea groups is 1. The van der Waals surface area contributed by atoms with Crippen molar-refractivity contribution in [3.05, 3.63) is 34.4 Å². The average Bonchev–Trinajstić information content (AvgIpc) is 2.81. The monoisotopic (exact) mass is 370 g/mol. The molecule has 10 heteroatoms. The minimum Gasteiger partial charge on any atom is -0.336 e. The molecule has 1 fully saturated rings. The van der Waals surface area contributed by atoms with E-state index in [0.29, 0.717) is 13.0 Å². The second-order valence-electron chi connectivity index (χ2n) is 6.10. The van der Waals surface area contributed by atoms with E-state index in [2.05, 4.69) is 5.32 Å². The van der Waals surface area contributed by atoms with Gasteiger partial charge in [-0.2, -0.15) is 4.31 Å². The number of nitrogens with one attached hydrogen (secondary N) is 1. The fraction of sp³-hybridized carbons (Fsp3) is 0.533. The smallest absolute Gasteiger partial charge is 0.317 e. The molecule has 2 amide bonds. The van der Waals surface area contributed by atoms with Crippen molar-refractivity contribution in [2.45, 2.75) is 31.2 Å². The van der Waals surface area contributed by atoms with E-state index in [1.165, 1.54) is 22.5 Å². The third-order valence-corrected chi connectivity index (χ3v) is 5.72. The Hall–Kier alpha value is -2.20. The molecule has 1 aliphatic heterocycles. The number of hydrogen-bond acceptors (Lipinski definition) is 5. The van der Waals surface area contributed by atoms with Crippen molar-refractivity contribution in [2.75, 3.05) is 26.2 Å². The minimum atomic E-state index is -3.84. The number of nitro groups is 1. The summed E-state index contributed by atoms with van der Waals surface area (Å²) in [5.74, 6) is 0. The highest BCUT2D eigenvalue weighted by molar-refractivity contribution is 7.89. The number of rotatable bonds is 4. The quantitative estimate of drug-likeness (QED) is 0.636. The summed E-state index contributed by atoms with van der Waals surface area (Å²) >= 11 is 0. The highest BCUT2D eigenvalue weighted by atomic mass is 32.2. The van der Waals surface area contributed by atoms with E-state index in [1.807, 2.05) is 13.8 Å². The van der Waals surface area contributed by atoms with Crippen molar-refractivity contribution in [3.8, 4) is 0 Å². The predicted octanol–water partition coefficient (Wildman–Crippen LogP) is 1.41. The molecular formula is C15H22N4O5S. The van der Waals surface area contributed by atoms with Gasteiger partial charge in [0.25, 0.3) is 5.69 Å². The molecule has 138 valence electrons. The van der Waals surface area contributed by atoms with Gasteiger partial charge in [0.2, 0.25) is 10.0 Å². The molecule has 0 aromatic heterocycles. The van der Waals surface area contributed by atoms with Crippen LogP contribution in [0.2, 0.25) is 0 Å². The number of sulfonamides is 1. The number of benzene rings is 1. The summed E-state index contributed by atoms with van der Waals surface area (Å²) in [4.78, 5) is 23.8. The van der Waals surface area contributed by atoms with Crippen molar-refractivity contribution in [1.29, 1.82) is 0 Å². The Labute approximate surface area is 146 Å². The van der Waals surface area contributed by atoms with Crippen molar-refractivity contribution >= 4 is 21.7 Å². The van der Waals surface area contributed by atoms with Crippen molar-refractivity contribution < 1.29 is 18.1 Å². The third-order valence-electron chi connectivity index (χ3n) is 3.82. The van der Waals surface area contributed by atoms with Crippen LogP contribution in [0.25, 0.3) is 0 Å². The van der Waals surface area contributed by atoms with Gasteiger partial charge in [-0.15, -0.1) is 0 Å². The Morgan fingerprint density at radius 2 is 1.96 bits per heavy atom. The van der Waals surface area contributed by atoms with Crippen molar-refractivity contribution in [3.63, 3.8) is 0 Å². The molecule has 0 spiro atoms. The lowest BCUT2D eigenvalue weighted by molar-refractivity contribution is -0.385. The van der Waals surface area contributed by atoms with Gasteiger partial charge in [0.15, 0.2) is 0 Å². The Balaban J connectivity index is 2.14. The van der Waals surface area contributed by atoms with Crippen LogP contribution in [0.1, 0.15) is 20.3 Å². The molecule has 1 N–H and O–H groups in total. The largest absolute Gasteiger partial charge is 0.336 e. The zero-order chi connectivity index (χ0) is 18.6. The van der Waals surface area contributed by atoms with E-state index in [0.717, 1.165) is 6.07 Å². The molecule has 1 aromatic carbocycles. The summed E-state index contributed by atoms with van der Waals surface area (Å²) in [5, 5.41) is 13.7. The summed E-state index contributed by atoms with van der Waals surface area (Å²) in [6.07, 6.45) is 0.500. The second kappa shape index (κ2) is 7.79. The number of carbonyl (C=O) groups is 1. The Kier molecular flexibility index (Phi) is 5.96. The molecule has 9 nitrogen and oxygen atoms in total. The average molecular weight is 370 g/mol. The Morgan fingerprint density at radius 1 is 1.24 bits per heavy atom. The molecule has 0 aliphatic carbocycles. The van der Waals surface area contributed by atoms with Gasteiger partial charge in [-0.1, -0.05) is 6.07 Å². The normalized spacial score (nSPS) is 16.5. The number of amides is 2. The molecule has 0 atom stereocenters. The van der Waals surface area contributed by atoms with Crippen LogP contribution in [0.3, 0.4) is 0 Å². The molecule has 1 saturated heterocycles. The first-order valence-electron chi connectivity index (χ1n) is 8.02. The predicted molar refractivity (Wildman–Crippen MR) is 91.7 cm³/mol. The SMILES string of the molecule is CC(C)NC(=O)N1CCCN(S(=O)(=O)c2cccc([N+](=O)[O-])c2)CC1. The topological polar surface area (TPSA) is 113 Å². The van der Waals surface area contributed by atoms with Crippen LogP contribution < -0.4 is 5.32 Å². The van der Waals surface area contributed by atoms with Gasteiger partial charge < -0.3 is 10.2 Å². The van der Waals surface area contributed by atoms with E-state index >= 15 is 0 Å². The molecule has 1 aliphatic rings. The zero-order valence-corrected chi connectivity index (χ0v) is 15.0. The Morgan fingerprint density at radius 3 is 2.60 bits per heavy atom. The van der Waals surface area contributed by atoms with Gasteiger partial charge in [0.1, 0.15) is 0 Å². The zero-order valence-electron chi connectivity index (χ0n) is 14.2. The minimum absolute atomic E-state index is 0.000423. The summed E-state index contributed by atoms with van der Waals surface area (Å²) in [6.45, 7) is 4.85. The first-order valence-corrected chi connectivity index (χ1v) is 9.46. The lowest BCUT2D eigenvalue weighted by Crippen LogP contribution is -2.44. The van der Waals surface area contributed by atoms with Gasteiger partial charge in [-0.3, -0.25) is 10.1 Å². The van der Waals surface area contributed by atoms with Crippen molar-refractivity contribution in [1.82, 2.24) is 14.5 Å². The van der Waals surface area contributed by atoms with Gasteiger partial charge in [0, 0.05) is 44.4 Å². The van der Waals surface area contributed by atoms with Crippen LogP contribution >= 0.6 is 0 Å². The fourth-order valence-electron chi connectivity index (χ4n) is 2.58. The van der Waals surface area contributed by atoms with E-state index in [-0.39, 0.29) is 42.3 Å². The molecule has 0 bridgehead atoms. The van der Waals surface area contributed by atoms with Gasteiger partial charge in [0.05, 0.1) is 9.82 Å². The highest BCUT2D eigenvalue weighted by Crippen LogP contribution is 2.22. The lowest BCUT2D eigenvalue weighted by atomic mass is 10.3. The van der Waals surface area contributed by atoms with E-state index in [1.54, 1.807) is 4.90 Å². The molecular weight excluding hydrogens is 348 g/mol. The van der Waals surface area contributed by atoms with E-state index in [9.17, 15) is 23.3 Å². The molecule has 25 heavy (non-hydrogen) atoms. The highest BCUT2D eigenvalue weighted by Gasteiger charge is 2.29. The standard InChI is InChI=1S/C15H22N4O5S/c1-12(2)16-15(20)17-7-4-8-18(10-9-17)25(23,24)14-6-3-5-13(11-14)19(21)22/h3,5-6,11-12H,4,7-10H2,1-2H3,(H,16,20). The molecule has 0 saturated carbocycles. The first kappa shape index (κ1) is 19.1. The number of nitrogens with zero attached hydrogens (tertiary/aromatic N) is 3. The van der Waals surface area contributed by atoms with Gasteiger partial charge in [-0.25, -0.2) is 13.2 Å². The number of nitro benzene ring substituents is 1. The maximum atomic E-state index is 12.8. The number of carbonyl (C=O) groups excluding carboxylic acids is 1. The van der Waals surface area contributed by atoms with Crippen molar-refractivity contribution in [2.24, 2.45) is 0 Å². The summed E-state index contributed by atoms with van der Waals surface area (Å²) in [6, 6.07) is 4.79. The number of hydrogen-bond donors (Lipinski definition) is 1. The van der Waals surface area contributed by atoms with Gasteiger partial charge >= 0.3 is 6.03 Å². The number of non-ortho nitro benzene ring substituents is 1. The van der Waals surface area contributed by atoms with E-state index in [4.69, 9.17) is 0 Å². The summed E-state index contributed by atoms with van der Waals surface area (Å²) in [5.41, 5.74) is -0.270. The van der Waals surface area contributed by atoms with Crippen LogP contribution in [0.5, 0.6) is 0 Å². The lowest BCUT2D eigenvalue weighted by Gasteiger charge is -2.23. The van der Waals surface area contributed by atoms with Crippen LogP contribution in [0.4, 0.5) is 10.5 Å². The first-order chi connectivity index (χ1) is 11.7. The molecule has 2 rings (SSSR count). The van der Waals surface area contributed by atoms with E-state index < -0.39 is 14.9 Å². The van der Waals surface area contributed by atoms with Crippen LogP contribution in [0, 0.1) is 10.1 Å².